The van der Waals surface area contributed by atoms with E-state index in [1.54, 1.807) is 4.90 Å². The second kappa shape index (κ2) is 9.40. The lowest BCUT2D eigenvalue weighted by atomic mass is 10.0. The van der Waals surface area contributed by atoms with Crippen LogP contribution in [-0.2, 0) is 22.4 Å². The van der Waals surface area contributed by atoms with Gasteiger partial charge >= 0.3 is 0 Å². The fourth-order valence-electron chi connectivity index (χ4n) is 3.67. The van der Waals surface area contributed by atoms with E-state index in [0.717, 1.165) is 49.4 Å². The molecule has 0 aliphatic carbocycles. The number of benzene rings is 2. The molecular weight excluding hydrogens is 350 g/mol. The molecule has 5 heteroatoms. The van der Waals surface area contributed by atoms with Gasteiger partial charge in [0, 0.05) is 31.0 Å². The SMILES string of the molecule is CCN(CC)C(=O)CNc1ccc(CC(=O)N2CCCc3ccccc32)cc1. The Balaban J connectivity index is 1.57. The molecule has 1 heterocycles. The normalized spacial score (nSPS) is 13.0. The molecular formula is C23H29N3O2. The Hall–Kier alpha value is -2.82. The Morgan fingerprint density at radius 1 is 1.04 bits per heavy atom. The van der Waals surface area contributed by atoms with Crippen molar-refractivity contribution in [2.75, 3.05) is 36.4 Å². The standard InChI is InChI=1S/C23H29N3O2/c1-3-25(4-2)23(28)17-24-20-13-11-18(12-14-20)16-22(27)26-15-7-9-19-8-5-6-10-21(19)26/h5-6,8,10-14,24H,3-4,7,9,15-17H2,1-2H3. The number of carbonyl (C=O) groups is 2. The lowest BCUT2D eigenvalue weighted by molar-refractivity contribution is -0.128. The van der Waals surface area contributed by atoms with Crippen LogP contribution in [0.15, 0.2) is 48.5 Å². The summed E-state index contributed by atoms with van der Waals surface area (Å²) in [6.07, 6.45) is 2.42. The quantitative estimate of drug-likeness (QED) is 0.801. The van der Waals surface area contributed by atoms with Gasteiger partial charge in [0.2, 0.25) is 11.8 Å². The molecule has 148 valence electrons. The highest BCUT2D eigenvalue weighted by Gasteiger charge is 2.22. The first-order chi connectivity index (χ1) is 13.6. The van der Waals surface area contributed by atoms with Gasteiger partial charge in [0.25, 0.3) is 0 Å². The minimum Gasteiger partial charge on any atom is -0.376 e. The molecule has 0 radical (unpaired) electrons. The van der Waals surface area contributed by atoms with E-state index in [1.165, 1.54) is 5.56 Å². The number of aryl methyl sites for hydroxylation is 1. The van der Waals surface area contributed by atoms with Crippen molar-refractivity contribution in [1.82, 2.24) is 4.90 Å². The van der Waals surface area contributed by atoms with Gasteiger partial charge in [-0.1, -0.05) is 30.3 Å². The Morgan fingerprint density at radius 2 is 1.75 bits per heavy atom. The van der Waals surface area contributed by atoms with E-state index in [0.29, 0.717) is 6.42 Å². The molecule has 2 amide bonds. The van der Waals surface area contributed by atoms with Crippen LogP contribution in [0.2, 0.25) is 0 Å². The van der Waals surface area contributed by atoms with Gasteiger partial charge in [0.05, 0.1) is 13.0 Å². The number of carbonyl (C=O) groups excluding carboxylic acids is 2. The minimum absolute atomic E-state index is 0.0908. The maximum Gasteiger partial charge on any atom is 0.241 e. The van der Waals surface area contributed by atoms with Crippen LogP contribution < -0.4 is 10.2 Å². The average molecular weight is 380 g/mol. The molecule has 0 saturated heterocycles. The second-order valence-electron chi connectivity index (χ2n) is 7.07. The number of amides is 2. The van der Waals surface area contributed by atoms with Crippen LogP contribution in [0.3, 0.4) is 0 Å². The molecule has 1 N–H and O–H groups in total. The van der Waals surface area contributed by atoms with Crippen LogP contribution in [0.1, 0.15) is 31.4 Å². The fourth-order valence-corrected chi connectivity index (χ4v) is 3.67. The predicted octanol–water partition coefficient (Wildman–Crippen LogP) is 3.49. The number of hydrogen-bond acceptors (Lipinski definition) is 3. The van der Waals surface area contributed by atoms with Crippen molar-refractivity contribution in [3.8, 4) is 0 Å². The van der Waals surface area contributed by atoms with Gasteiger partial charge in [-0.25, -0.2) is 0 Å². The molecule has 1 aliphatic heterocycles. The molecule has 0 aromatic heterocycles. The van der Waals surface area contributed by atoms with E-state index < -0.39 is 0 Å². The third-order valence-electron chi connectivity index (χ3n) is 5.28. The van der Waals surface area contributed by atoms with Crippen LogP contribution in [-0.4, -0.2) is 42.9 Å². The molecule has 5 nitrogen and oxygen atoms in total. The third-order valence-corrected chi connectivity index (χ3v) is 5.28. The van der Waals surface area contributed by atoms with E-state index in [1.807, 2.05) is 61.2 Å². The highest BCUT2D eigenvalue weighted by molar-refractivity contribution is 5.96. The van der Waals surface area contributed by atoms with E-state index in [2.05, 4.69) is 11.4 Å². The van der Waals surface area contributed by atoms with Crippen LogP contribution in [0.25, 0.3) is 0 Å². The summed E-state index contributed by atoms with van der Waals surface area (Å²) in [5.74, 6) is 0.220. The van der Waals surface area contributed by atoms with Gasteiger partial charge < -0.3 is 15.1 Å². The molecule has 2 aromatic carbocycles. The zero-order valence-electron chi connectivity index (χ0n) is 16.8. The smallest absolute Gasteiger partial charge is 0.241 e. The number of nitrogens with one attached hydrogen (secondary N) is 1. The lowest BCUT2D eigenvalue weighted by Crippen LogP contribution is -2.36. The predicted molar refractivity (Wildman–Crippen MR) is 114 cm³/mol. The maximum absolute atomic E-state index is 12.8. The average Bonchev–Trinajstić information content (AvgIpc) is 2.73. The molecule has 3 rings (SSSR count). The summed E-state index contributed by atoms with van der Waals surface area (Å²) in [6.45, 7) is 6.46. The fraction of sp³-hybridized carbons (Fsp3) is 0.391. The van der Waals surface area contributed by atoms with Crippen molar-refractivity contribution >= 4 is 23.2 Å². The number of nitrogens with zero attached hydrogens (tertiary/aromatic N) is 2. The maximum atomic E-state index is 12.8. The molecule has 28 heavy (non-hydrogen) atoms. The highest BCUT2D eigenvalue weighted by atomic mass is 16.2. The second-order valence-corrected chi connectivity index (χ2v) is 7.07. The number of hydrogen-bond donors (Lipinski definition) is 1. The van der Waals surface area contributed by atoms with Crippen molar-refractivity contribution in [1.29, 1.82) is 0 Å². The Morgan fingerprint density at radius 3 is 2.46 bits per heavy atom. The van der Waals surface area contributed by atoms with E-state index in [-0.39, 0.29) is 18.4 Å². The molecule has 2 aromatic rings. The van der Waals surface area contributed by atoms with Crippen molar-refractivity contribution in [3.63, 3.8) is 0 Å². The number of anilines is 2. The van der Waals surface area contributed by atoms with Crippen molar-refractivity contribution in [3.05, 3.63) is 59.7 Å². The van der Waals surface area contributed by atoms with Gasteiger partial charge in [-0.05, 0) is 56.0 Å². The van der Waals surface area contributed by atoms with E-state index in [9.17, 15) is 9.59 Å². The highest BCUT2D eigenvalue weighted by Crippen LogP contribution is 2.27. The number of rotatable bonds is 7. The molecule has 0 unspecified atom stereocenters. The number of para-hydroxylation sites is 1. The summed E-state index contributed by atoms with van der Waals surface area (Å²) in [6, 6.07) is 15.9. The first kappa shape index (κ1) is 19.9. The van der Waals surface area contributed by atoms with Gasteiger partial charge in [-0.3, -0.25) is 9.59 Å². The van der Waals surface area contributed by atoms with Crippen molar-refractivity contribution in [2.24, 2.45) is 0 Å². The Kier molecular flexibility index (Phi) is 6.69. The van der Waals surface area contributed by atoms with Gasteiger partial charge in [-0.15, -0.1) is 0 Å². The van der Waals surface area contributed by atoms with Crippen molar-refractivity contribution < 1.29 is 9.59 Å². The topological polar surface area (TPSA) is 52.7 Å². The molecule has 1 aliphatic rings. The molecule has 0 spiro atoms. The summed E-state index contributed by atoms with van der Waals surface area (Å²) < 4.78 is 0. The summed E-state index contributed by atoms with van der Waals surface area (Å²) in [5, 5.41) is 3.16. The monoisotopic (exact) mass is 379 g/mol. The summed E-state index contributed by atoms with van der Waals surface area (Å²) in [4.78, 5) is 28.6. The molecule has 0 bridgehead atoms. The largest absolute Gasteiger partial charge is 0.376 e. The molecule has 0 saturated carbocycles. The summed E-state index contributed by atoms with van der Waals surface area (Å²) in [5.41, 5.74) is 4.17. The van der Waals surface area contributed by atoms with Gasteiger partial charge in [-0.2, -0.15) is 0 Å². The van der Waals surface area contributed by atoms with Gasteiger partial charge in [0.1, 0.15) is 0 Å². The zero-order chi connectivity index (χ0) is 19.9. The van der Waals surface area contributed by atoms with Crippen molar-refractivity contribution in [2.45, 2.75) is 33.1 Å². The van der Waals surface area contributed by atoms with Crippen LogP contribution >= 0.6 is 0 Å². The molecule has 0 atom stereocenters. The number of fused-ring (bicyclic) bond motifs is 1. The molecule has 0 fully saturated rings. The van der Waals surface area contributed by atoms with Crippen LogP contribution in [0.4, 0.5) is 11.4 Å². The van der Waals surface area contributed by atoms with E-state index in [4.69, 9.17) is 0 Å². The first-order valence-corrected chi connectivity index (χ1v) is 10.1. The lowest BCUT2D eigenvalue weighted by Gasteiger charge is -2.29. The van der Waals surface area contributed by atoms with E-state index >= 15 is 0 Å². The zero-order valence-corrected chi connectivity index (χ0v) is 16.8. The number of likely N-dealkylation sites (N-methyl/N-ethyl adjacent to an activating group) is 1. The first-order valence-electron chi connectivity index (χ1n) is 10.1. The van der Waals surface area contributed by atoms with Crippen LogP contribution in [0.5, 0.6) is 0 Å². The Bertz CT molecular complexity index is 813. The van der Waals surface area contributed by atoms with Gasteiger partial charge in [0.15, 0.2) is 0 Å². The summed E-state index contributed by atoms with van der Waals surface area (Å²) >= 11 is 0. The minimum atomic E-state index is 0.0908. The summed E-state index contributed by atoms with van der Waals surface area (Å²) in [7, 11) is 0. The van der Waals surface area contributed by atoms with Crippen LogP contribution in [0, 0.1) is 0 Å². The third kappa shape index (κ3) is 4.71. The Labute approximate surface area is 167 Å².